The Kier molecular flexibility index (Phi) is 698. The minimum absolute atomic E-state index is 1.40. The third kappa shape index (κ3) is 331. The molecule has 0 aromatic heterocycles. The SMILES string of the molecule is O=S.O=S.O=S.[2H]I.[2H]I.[2H]I.[2H]O.[2H]O.[2H]O. The molecule has 0 saturated heterocycles. The zero-order chi connectivity index (χ0) is 18.0. The van der Waals surface area contributed by atoms with Crippen molar-refractivity contribution in [3.8, 4) is 0 Å². The van der Waals surface area contributed by atoms with E-state index in [0.29, 0.717) is 0 Å². The maximum Gasteiger partial charge on any atom is 0.206 e. The van der Waals surface area contributed by atoms with Crippen molar-refractivity contribution in [2.24, 2.45) is 0 Å². The highest BCUT2D eigenvalue weighted by Crippen LogP contribution is 0.888. The summed E-state index contributed by atoms with van der Waals surface area (Å²) in [5.41, 5.74) is 18.8. The molecular formula is H9I3O6S3. The second kappa shape index (κ2) is 426. The fourth-order valence-corrected chi connectivity index (χ4v) is 0. The zero-order valence-electron chi connectivity index (χ0n) is 10.9. The number of hydrogen-bond acceptors (Lipinski definition) is 6. The average Bonchev–Trinajstić information content (AvgIpc) is 2.63. The lowest BCUT2D eigenvalue weighted by Gasteiger charge is -0.734. The van der Waals surface area contributed by atoms with Crippen LogP contribution in [0.2, 0.25) is 0 Å². The summed E-state index contributed by atoms with van der Waals surface area (Å²) in [7, 11) is 0. The Morgan fingerprint density at radius 1 is 0.667 bits per heavy atom. The topological polar surface area (TPSA) is 146 Å². The Hall–Kier alpha value is 2.13. The van der Waals surface area contributed by atoms with Crippen LogP contribution >= 0.6 is 71.3 Å². The molecule has 0 aliphatic heterocycles. The van der Waals surface area contributed by atoms with Crippen molar-refractivity contribution in [2.75, 3.05) is 0 Å². The normalized spacial score (nSPS) is 4.50. The molecule has 6 nitrogen and oxygen atoms in total. The fraction of sp³-hybridized carbons (Fsp3) is 0. The first-order chi connectivity index (χ1) is 9.00. The minimum Gasteiger partial charge on any atom is -0.412 e. The summed E-state index contributed by atoms with van der Waals surface area (Å²) in [5, 5.41) is 0. The van der Waals surface area contributed by atoms with Crippen molar-refractivity contribution in [1.29, 1.82) is 1.78 Å². The van der Waals surface area contributed by atoms with Crippen LogP contribution in [0, 0.1) is 0 Å². The Labute approximate surface area is 142 Å². The van der Waals surface area contributed by atoms with E-state index in [4.69, 9.17) is 35.1 Å². The van der Waals surface area contributed by atoms with Gasteiger partial charge in [0.15, 0.2) is 37.6 Å². The van der Waals surface area contributed by atoms with Gasteiger partial charge in [-0.3, -0.25) is 0 Å². The van der Waals surface area contributed by atoms with Gasteiger partial charge in [0, 0.05) is 0 Å². The third-order valence-corrected chi connectivity index (χ3v) is 0. The van der Waals surface area contributed by atoms with Crippen LogP contribution in [0.4, 0.5) is 0 Å². The molecule has 0 fully saturated rings. The van der Waals surface area contributed by atoms with Gasteiger partial charge in [0.25, 0.3) is 0 Å². The Morgan fingerprint density at radius 3 is 0.667 bits per heavy atom. The van der Waals surface area contributed by atoms with E-state index in [9.17, 15) is 0 Å². The van der Waals surface area contributed by atoms with Crippen molar-refractivity contribution in [3.63, 3.8) is 0 Å². The van der Waals surface area contributed by atoms with Gasteiger partial charge in [-0.05, 0) is 0 Å². The monoisotopic (exact) mass is 588 g/mol. The van der Waals surface area contributed by atoms with E-state index in [1.165, 1.54) is 71.3 Å². The van der Waals surface area contributed by atoms with Crippen LogP contribution in [0.5, 0.6) is 0 Å². The molecule has 0 bridgehead atoms. The van der Waals surface area contributed by atoms with Crippen LogP contribution in [-0.4, -0.2) is 30.8 Å². The van der Waals surface area contributed by atoms with E-state index in [1.807, 2.05) is 0 Å². The average molecular weight is 588 g/mol. The molecule has 6 N–H and O–H groups in total. The maximum atomic E-state index is 7.83. The Bertz CT molecular complexity index is 39.3. The molecule has 0 unspecified atom stereocenters. The van der Waals surface area contributed by atoms with E-state index >= 15 is 0 Å². The van der Waals surface area contributed by atoms with Crippen molar-refractivity contribution in [3.05, 3.63) is 0 Å². The van der Waals surface area contributed by atoms with Crippen LogP contribution in [-0.2, 0) is 37.6 Å². The van der Waals surface area contributed by atoms with Crippen molar-refractivity contribution in [2.45, 2.75) is 0 Å². The molecule has 0 spiro atoms. The van der Waals surface area contributed by atoms with Crippen molar-refractivity contribution in [1.82, 2.24) is 0 Å². The number of hydrogen-bond donors (Lipinski definition) is 0. The van der Waals surface area contributed by atoms with Gasteiger partial charge in [0.2, 0.25) is 4.29 Å². The van der Waals surface area contributed by atoms with Crippen LogP contribution in [0.1, 0.15) is 4.29 Å². The van der Waals surface area contributed by atoms with Gasteiger partial charge in [0.05, 0.1) is 0 Å². The smallest absolute Gasteiger partial charge is 0.206 e. The molecule has 0 heterocycles. The van der Waals surface area contributed by atoms with E-state index in [2.05, 4.69) is 37.6 Å². The van der Waals surface area contributed by atoms with Crippen molar-refractivity contribution >= 4 is 109 Å². The molecule has 0 atom stereocenters. The minimum atomic E-state index is 1.40. The first-order valence-corrected chi connectivity index (χ1v) is 1.50. The molecule has 0 radical (unpaired) electrons. The summed E-state index contributed by atoms with van der Waals surface area (Å²) in [6.45, 7) is 0. The molecule has 0 aromatic carbocycles. The van der Waals surface area contributed by atoms with Gasteiger partial charge < -0.3 is 16.4 Å². The molecule has 0 aliphatic rings. The lowest BCUT2D eigenvalue weighted by molar-refractivity contribution is 0.702. The van der Waals surface area contributed by atoms with Crippen LogP contribution in [0.3, 0.4) is 0 Å². The number of halogens is 3. The Morgan fingerprint density at radius 2 is 0.667 bits per heavy atom. The van der Waals surface area contributed by atoms with E-state index < -0.39 is 0 Å². The molecule has 0 aliphatic carbocycles. The van der Waals surface area contributed by atoms with Gasteiger partial charge in [-0.1, -0.05) is 0 Å². The second-order valence-electron chi connectivity index (χ2n) is 0. The molecule has 84 valence electrons. The molecule has 0 rings (SSSR count). The largest absolute Gasteiger partial charge is 0.412 e. The van der Waals surface area contributed by atoms with Gasteiger partial charge in [0.1, 0.15) is 1.78 Å². The van der Waals surface area contributed by atoms with Gasteiger partial charge >= 0.3 is 0 Å². The molecule has 0 amide bonds. The summed E-state index contributed by atoms with van der Waals surface area (Å²) in [5.74, 6) is 0. The molecule has 12 heteroatoms. The highest BCUT2D eigenvalue weighted by Gasteiger charge is 0.738. The van der Waals surface area contributed by atoms with Crippen LogP contribution in [0.15, 0.2) is 0 Å². The zero-order valence-corrected chi connectivity index (χ0v) is 13.8. The third-order valence-electron chi connectivity index (χ3n) is 0. The van der Waals surface area contributed by atoms with Gasteiger partial charge in [-0.2, -0.15) is 12.6 Å². The summed E-state index contributed by atoms with van der Waals surface area (Å²) in [4.78, 5) is 0. The van der Waals surface area contributed by atoms with Gasteiger partial charge in [-0.15, -0.1) is 71.3 Å². The molecule has 0 saturated carbocycles. The number of rotatable bonds is 0. The first kappa shape index (κ1) is 19.7. The fourth-order valence-electron chi connectivity index (χ4n) is 0. The summed E-state index contributed by atoms with van der Waals surface area (Å²) in [6.07, 6.45) is 0. The lowest BCUT2D eigenvalue weighted by Crippen LogP contribution is -0.894. The highest BCUT2D eigenvalue weighted by atomic mass is 127. The molecule has 0 aromatic rings. The van der Waals surface area contributed by atoms with Crippen LogP contribution < -0.4 is 0 Å². The lowest BCUT2D eigenvalue weighted by atomic mass is 16.0. The highest BCUT2D eigenvalue weighted by molar-refractivity contribution is 14.0. The van der Waals surface area contributed by atoms with Gasteiger partial charge in [-0.25, -0.2) is 0 Å². The molecular weight excluding hydrogens is 573 g/mol. The quantitative estimate of drug-likeness (QED) is 0.311. The predicted molar refractivity (Wildman–Crippen MR) is 81.5 cm³/mol. The predicted octanol–water partition coefficient (Wildman–Crippen LogP) is -1.63. The van der Waals surface area contributed by atoms with Crippen molar-refractivity contribution < 1.29 is 33.4 Å². The first-order valence-electron chi connectivity index (χ1n) is 2.98. The van der Waals surface area contributed by atoms with E-state index in [-0.39, 0.29) is 0 Å². The van der Waals surface area contributed by atoms with E-state index in [0.717, 1.165) is 0 Å². The second-order valence-corrected chi connectivity index (χ2v) is 0. The molecule has 12 heavy (non-hydrogen) atoms. The standard InChI is InChI=1S/3HI.3OS.3H2O/c;;;3*1-2;;;/h3*1H;;;;3*1H2/i/hD6. The van der Waals surface area contributed by atoms with E-state index in [1.54, 1.807) is 0 Å². The maximum absolute atomic E-state index is 7.83. The summed E-state index contributed by atoms with van der Waals surface area (Å²) < 4.78 is 54.9. The summed E-state index contributed by atoms with van der Waals surface area (Å²) >= 11 is 12.7. The summed E-state index contributed by atoms with van der Waals surface area (Å²) in [6, 6.07) is 0. The van der Waals surface area contributed by atoms with Crippen LogP contribution in [0.25, 0.3) is 0 Å². The Balaban J connectivity index is -0.00000000723.